The number of benzene rings is 3. The summed E-state index contributed by atoms with van der Waals surface area (Å²) < 4.78 is 29.9. The molecule has 0 bridgehead atoms. The lowest BCUT2D eigenvalue weighted by Crippen LogP contribution is -2.40. The maximum atomic E-state index is 13.7. The molecule has 1 aliphatic rings. The molecule has 3 aromatic carbocycles. The highest BCUT2D eigenvalue weighted by molar-refractivity contribution is 5.95. The summed E-state index contributed by atoms with van der Waals surface area (Å²) in [4.78, 5) is 23.0. The molecule has 11 heteroatoms. The lowest BCUT2D eigenvalue weighted by Gasteiger charge is -2.34. The lowest BCUT2D eigenvalue weighted by atomic mass is 9.93. The minimum atomic E-state index is -0.119. The molecule has 0 aliphatic carbocycles. The summed E-state index contributed by atoms with van der Waals surface area (Å²) in [5.74, 6) is 3.06. The smallest absolute Gasteiger partial charge is 0.253 e. The third-order valence-corrected chi connectivity index (χ3v) is 9.35. The van der Waals surface area contributed by atoms with Gasteiger partial charge in [-0.1, -0.05) is 24.3 Å². The van der Waals surface area contributed by atoms with Crippen LogP contribution in [0.5, 0.6) is 23.0 Å². The number of rotatable bonds is 17. The molecule has 1 N–H and O–H groups in total. The van der Waals surface area contributed by atoms with Crippen molar-refractivity contribution >= 4 is 22.9 Å². The number of hydrogen-bond donors (Lipinski definition) is 1. The highest BCUT2D eigenvalue weighted by Crippen LogP contribution is 2.38. The molecular formula is C38H51N5O6. The molecule has 264 valence electrons. The van der Waals surface area contributed by atoms with Crippen molar-refractivity contribution in [3.8, 4) is 23.0 Å². The molecule has 0 spiro atoms. The SMILES string of the molecule is CCOCCn1c(NC2CCN(CCC(CN(C)C(=O)c3cc(OC)c(OC)c(OC)c3)c3cccc(OC)c3)CC2)nc2ccccc21. The number of piperidine rings is 1. The summed E-state index contributed by atoms with van der Waals surface area (Å²) in [5, 5.41) is 3.75. The van der Waals surface area contributed by atoms with Crippen molar-refractivity contribution in [2.24, 2.45) is 0 Å². The van der Waals surface area contributed by atoms with Crippen molar-refractivity contribution in [2.75, 3.05) is 80.2 Å². The van der Waals surface area contributed by atoms with Gasteiger partial charge in [0.1, 0.15) is 5.75 Å². The molecular weight excluding hydrogens is 622 g/mol. The van der Waals surface area contributed by atoms with E-state index in [0.717, 1.165) is 73.7 Å². The molecule has 2 heterocycles. The quantitative estimate of drug-likeness (QED) is 0.137. The second-order valence-electron chi connectivity index (χ2n) is 12.4. The number of ether oxygens (including phenoxy) is 5. The number of likely N-dealkylation sites (tertiary alicyclic amines) is 1. The number of fused-ring (bicyclic) bond motifs is 1. The minimum absolute atomic E-state index is 0.104. The van der Waals surface area contributed by atoms with E-state index in [2.05, 4.69) is 45.1 Å². The first kappa shape index (κ1) is 35.8. The van der Waals surface area contributed by atoms with Gasteiger partial charge >= 0.3 is 0 Å². The van der Waals surface area contributed by atoms with Crippen molar-refractivity contribution in [2.45, 2.75) is 44.7 Å². The number of likely N-dealkylation sites (N-methyl/N-ethyl adjacent to an activating group) is 1. The average molecular weight is 674 g/mol. The van der Waals surface area contributed by atoms with Gasteiger partial charge in [0.25, 0.3) is 5.91 Å². The van der Waals surface area contributed by atoms with Crippen molar-refractivity contribution in [3.63, 3.8) is 0 Å². The number of anilines is 1. The Hall–Kier alpha value is -4.48. The molecule has 5 rings (SSSR count). The molecule has 1 unspecified atom stereocenters. The molecule has 11 nitrogen and oxygen atoms in total. The zero-order chi connectivity index (χ0) is 34.8. The van der Waals surface area contributed by atoms with Crippen LogP contribution in [0, 0.1) is 0 Å². The Kier molecular flexibility index (Phi) is 12.6. The van der Waals surface area contributed by atoms with Gasteiger partial charge in [0.05, 0.1) is 46.1 Å². The van der Waals surface area contributed by atoms with Gasteiger partial charge in [-0.15, -0.1) is 0 Å². The fourth-order valence-corrected chi connectivity index (χ4v) is 6.63. The Morgan fingerprint density at radius 1 is 0.939 bits per heavy atom. The van der Waals surface area contributed by atoms with Gasteiger partial charge < -0.3 is 43.4 Å². The van der Waals surface area contributed by atoms with Crippen LogP contribution in [0.3, 0.4) is 0 Å². The van der Waals surface area contributed by atoms with Crippen LogP contribution in [0.15, 0.2) is 60.7 Å². The number of para-hydroxylation sites is 2. The van der Waals surface area contributed by atoms with Crippen LogP contribution in [-0.4, -0.2) is 106 Å². The van der Waals surface area contributed by atoms with E-state index in [1.54, 1.807) is 45.5 Å². The first-order valence-electron chi connectivity index (χ1n) is 17.1. The molecule has 1 amide bonds. The van der Waals surface area contributed by atoms with Crippen LogP contribution in [0.1, 0.15) is 48.0 Å². The lowest BCUT2D eigenvalue weighted by molar-refractivity contribution is 0.0781. The van der Waals surface area contributed by atoms with Crippen molar-refractivity contribution < 1.29 is 28.5 Å². The summed E-state index contributed by atoms with van der Waals surface area (Å²) in [7, 11) is 8.17. The van der Waals surface area contributed by atoms with Gasteiger partial charge in [-0.2, -0.15) is 0 Å². The molecule has 0 radical (unpaired) electrons. The van der Waals surface area contributed by atoms with Gasteiger partial charge in [0, 0.05) is 57.4 Å². The largest absolute Gasteiger partial charge is 0.497 e. The third-order valence-electron chi connectivity index (χ3n) is 9.35. The molecule has 4 aromatic rings. The number of imidazole rings is 1. The van der Waals surface area contributed by atoms with Crippen molar-refractivity contribution in [1.29, 1.82) is 0 Å². The summed E-state index contributed by atoms with van der Waals surface area (Å²) in [6.07, 6.45) is 2.95. The molecule has 49 heavy (non-hydrogen) atoms. The van der Waals surface area contributed by atoms with Gasteiger partial charge in [0.2, 0.25) is 11.7 Å². The highest BCUT2D eigenvalue weighted by atomic mass is 16.5. The maximum absolute atomic E-state index is 13.7. The highest BCUT2D eigenvalue weighted by Gasteiger charge is 2.25. The zero-order valence-electron chi connectivity index (χ0n) is 29.7. The first-order valence-corrected chi connectivity index (χ1v) is 17.1. The van der Waals surface area contributed by atoms with Crippen LogP contribution in [0.4, 0.5) is 5.95 Å². The summed E-state index contributed by atoms with van der Waals surface area (Å²) in [5.41, 5.74) is 3.74. The van der Waals surface area contributed by atoms with Crippen molar-refractivity contribution in [1.82, 2.24) is 19.4 Å². The molecule has 1 atom stereocenters. The number of methoxy groups -OCH3 is 4. The van der Waals surface area contributed by atoms with Gasteiger partial charge in [-0.3, -0.25) is 4.79 Å². The van der Waals surface area contributed by atoms with Crippen molar-refractivity contribution in [3.05, 3.63) is 71.8 Å². The number of carbonyl (C=O) groups excluding carboxylic acids is 1. The molecule has 1 fully saturated rings. The zero-order valence-corrected chi connectivity index (χ0v) is 29.7. The number of hydrogen-bond acceptors (Lipinski definition) is 9. The van der Waals surface area contributed by atoms with Gasteiger partial charge in [-0.25, -0.2) is 4.98 Å². The van der Waals surface area contributed by atoms with E-state index in [-0.39, 0.29) is 11.8 Å². The number of carbonyl (C=O) groups is 1. The Morgan fingerprint density at radius 3 is 2.35 bits per heavy atom. The Balaban J connectivity index is 1.23. The maximum Gasteiger partial charge on any atom is 0.253 e. The second kappa shape index (κ2) is 17.3. The van der Waals surface area contributed by atoms with Crippen LogP contribution in [-0.2, 0) is 11.3 Å². The summed E-state index contributed by atoms with van der Waals surface area (Å²) in [6.45, 7) is 7.58. The minimum Gasteiger partial charge on any atom is -0.497 e. The van der Waals surface area contributed by atoms with Crippen LogP contribution in [0.2, 0.25) is 0 Å². The second-order valence-corrected chi connectivity index (χ2v) is 12.4. The van der Waals surface area contributed by atoms with E-state index in [1.807, 2.05) is 32.2 Å². The number of aromatic nitrogens is 2. The van der Waals surface area contributed by atoms with E-state index in [0.29, 0.717) is 48.6 Å². The number of nitrogens with zero attached hydrogens (tertiary/aromatic N) is 4. The first-order chi connectivity index (χ1) is 23.9. The van der Waals surface area contributed by atoms with E-state index < -0.39 is 0 Å². The molecule has 1 aliphatic heterocycles. The molecule has 0 saturated carbocycles. The molecule has 1 saturated heterocycles. The monoisotopic (exact) mass is 673 g/mol. The van der Waals surface area contributed by atoms with E-state index in [4.69, 9.17) is 28.7 Å². The average Bonchev–Trinajstić information content (AvgIpc) is 3.49. The van der Waals surface area contributed by atoms with Crippen LogP contribution in [0.25, 0.3) is 11.0 Å². The summed E-state index contributed by atoms with van der Waals surface area (Å²) >= 11 is 0. The van der Waals surface area contributed by atoms with E-state index >= 15 is 0 Å². The fourth-order valence-electron chi connectivity index (χ4n) is 6.63. The number of nitrogens with one attached hydrogen (secondary N) is 1. The predicted molar refractivity (Wildman–Crippen MR) is 193 cm³/mol. The predicted octanol–water partition coefficient (Wildman–Crippen LogP) is 5.93. The van der Waals surface area contributed by atoms with Gasteiger partial charge in [0.15, 0.2) is 11.5 Å². The van der Waals surface area contributed by atoms with Crippen LogP contribution < -0.4 is 24.3 Å². The molecule has 1 aromatic heterocycles. The fraction of sp³-hybridized carbons (Fsp3) is 0.474. The topological polar surface area (TPSA) is 99.6 Å². The Labute approximate surface area is 290 Å². The summed E-state index contributed by atoms with van der Waals surface area (Å²) in [6, 6.07) is 20.2. The Bertz CT molecular complexity index is 1640. The van der Waals surface area contributed by atoms with Gasteiger partial charge in [-0.05, 0) is 74.7 Å². The normalized spacial score (nSPS) is 14.4. The third kappa shape index (κ3) is 8.76. The van der Waals surface area contributed by atoms with E-state index in [1.165, 1.54) is 0 Å². The van der Waals surface area contributed by atoms with E-state index in [9.17, 15) is 4.79 Å². The Morgan fingerprint density at radius 2 is 1.67 bits per heavy atom. The standard InChI is InChI=1S/C38H51N5O6/c1-7-49-22-21-43-33-14-9-8-13-32(33)40-38(43)39-30-16-19-42(20-17-30)18-15-28(27-11-10-12-31(23-27)45-3)26-41(2)37(44)29-24-34(46-4)36(48-6)35(25-29)47-5/h8-14,23-25,28,30H,7,15-22,26H2,1-6H3,(H,39,40). The number of amides is 1. The van der Waals surface area contributed by atoms with Crippen LogP contribution >= 0.6 is 0 Å².